The summed E-state index contributed by atoms with van der Waals surface area (Å²) in [5, 5.41) is 8.42. The van der Waals surface area contributed by atoms with Gasteiger partial charge in [-0.15, -0.1) is 0 Å². The number of nitrogens with one attached hydrogen (secondary N) is 3. The van der Waals surface area contributed by atoms with Gasteiger partial charge in [-0.25, -0.2) is 4.79 Å². The fourth-order valence-corrected chi connectivity index (χ4v) is 3.56. The van der Waals surface area contributed by atoms with Gasteiger partial charge in [-0.05, 0) is 18.6 Å². The van der Waals surface area contributed by atoms with Crippen molar-refractivity contribution >= 4 is 29.4 Å². The summed E-state index contributed by atoms with van der Waals surface area (Å²) >= 11 is 6.47. The quantitative estimate of drug-likeness (QED) is 0.481. The van der Waals surface area contributed by atoms with Gasteiger partial charge >= 0.3 is 6.03 Å². The molecule has 0 fully saturated rings. The van der Waals surface area contributed by atoms with E-state index in [1.807, 2.05) is 30.3 Å². The zero-order valence-corrected chi connectivity index (χ0v) is 18.3. The Morgan fingerprint density at radius 2 is 1.91 bits per heavy atom. The third kappa shape index (κ3) is 5.30. The molecule has 0 aliphatic carbocycles. The number of primary amides is 1. The van der Waals surface area contributed by atoms with Crippen LogP contribution in [0.2, 0.25) is 5.02 Å². The molecule has 0 spiro atoms. The average molecular weight is 459 g/mol. The van der Waals surface area contributed by atoms with Gasteiger partial charge in [0.1, 0.15) is 0 Å². The number of urea groups is 1. The van der Waals surface area contributed by atoms with Crippen LogP contribution >= 0.6 is 11.6 Å². The molecule has 10 heteroatoms. The van der Waals surface area contributed by atoms with Crippen molar-refractivity contribution in [1.82, 2.24) is 16.0 Å². The van der Waals surface area contributed by atoms with E-state index in [2.05, 4.69) is 16.0 Å². The van der Waals surface area contributed by atoms with E-state index in [1.54, 1.807) is 13.0 Å². The molecule has 0 saturated heterocycles. The molecule has 2 aromatic carbocycles. The third-order valence-corrected chi connectivity index (χ3v) is 5.10. The lowest BCUT2D eigenvalue weighted by atomic mass is 9.94. The number of hydrogen-bond acceptors (Lipinski definition) is 5. The molecule has 2 aromatic rings. The Balaban J connectivity index is 1.93. The van der Waals surface area contributed by atoms with Crippen molar-refractivity contribution in [3.05, 3.63) is 69.9 Å². The Morgan fingerprint density at radius 1 is 1.19 bits per heavy atom. The van der Waals surface area contributed by atoms with E-state index in [1.165, 1.54) is 13.2 Å². The molecule has 0 bridgehead atoms. The predicted octanol–water partition coefficient (Wildman–Crippen LogP) is 2.16. The number of hydrogen-bond donors (Lipinski definition) is 4. The van der Waals surface area contributed by atoms with Crippen LogP contribution in [0.25, 0.3) is 0 Å². The van der Waals surface area contributed by atoms with Crippen LogP contribution in [0.3, 0.4) is 0 Å². The van der Waals surface area contributed by atoms with Crippen molar-refractivity contribution in [1.29, 1.82) is 0 Å². The van der Waals surface area contributed by atoms with Crippen LogP contribution in [0.15, 0.2) is 53.7 Å². The van der Waals surface area contributed by atoms with Crippen LogP contribution in [0.5, 0.6) is 11.5 Å². The van der Waals surface area contributed by atoms with Gasteiger partial charge in [0.05, 0.1) is 23.7 Å². The summed E-state index contributed by atoms with van der Waals surface area (Å²) in [5.74, 6) is -0.557. The van der Waals surface area contributed by atoms with Crippen molar-refractivity contribution in [3.8, 4) is 11.5 Å². The Hall–Kier alpha value is -3.72. The lowest BCUT2D eigenvalue weighted by Gasteiger charge is -2.29. The summed E-state index contributed by atoms with van der Waals surface area (Å²) in [4.78, 5) is 36.3. The van der Waals surface area contributed by atoms with E-state index >= 15 is 0 Å². The molecule has 0 radical (unpaired) electrons. The highest BCUT2D eigenvalue weighted by molar-refractivity contribution is 6.31. The number of carbonyl (C=O) groups excluding carboxylic acids is 3. The first-order valence-electron chi connectivity index (χ1n) is 9.69. The fraction of sp³-hybridized carbons (Fsp3) is 0.227. The van der Waals surface area contributed by atoms with Gasteiger partial charge in [-0.1, -0.05) is 41.9 Å². The van der Waals surface area contributed by atoms with Crippen LogP contribution in [-0.2, 0) is 16.1 Å². The molecule has 5 N–H and O–H groups in total. The second-order valence-corrected chi connectivity index (χ2v) is 7.43. The maximum atomic E-state index is 13.1. The lowest BCUT2D eigenvalue weighted by molar-refractivity contribution is -0.120. The molecule has 32 heavy (non-hydrogen) atoms. The minimum Gasteiger partial charge on any atom is -0.493 e. The van der Waals surface area contributed by atoms with Crippen molar-refractivity contribution in [2.45, 2.75) is 19.5 Å². The van der Waals surface area contributed by atoms with Crippen LogP contribution in [-0.4, -0.2) is 31.6 Å². The lowest BCUT2D eigenvalue weighted by Crippen LogP contribution is -2.47. The van der Waals surface area contributed by atoms with Crippen molar-refractivity contribution in [3.63, 3.8) is 0 Å². The Morgan fingerprint density at radius 3 is 2.56 bits per heavy atom. The van der Waals surface area contributed by atoms with Crippen molar-refractivity contribution < 1.29 is 23.9 Å². The normalized spacial score (nSPS) is 15.5. The highest BCUT2D eigenvalue weighted by Gasteiger charge is 2.33. The molecule has 1 heterocycles. The second kappa shape index (κ2) is 10.1. The van der Waals surface area contributed by atoms with Gasteiger partial charge in [0.2, 0.25) is 0 Å². The van der Waals surface area contributed by atoms with Crippen LogP contribution in [0.1, 0.15) is 24.1 Å². The Bertz CT molecular complexity index is 1070. The largest absolute Gasteiger partial charge is 0.493 e. The molecule has 0 unspecified atom stereocenters. The zero-order valence-electron chi connectivity index (χ0n) is 17.5. The smallest absolute Gasteiger partial charge is 0.319 e. The van der Waals surface area contributed by atoms with E-state index in [-0.39, 0.29) is 29.0 Å². The minimum atomic E-state index is -0.842. The summed E-state index contributed by atoms with van der Waals surface area (Å²) in [7, 11) is 1.42. The molecule has 1 aliphatic heterocycles. The van der Waals surface area contributed by atoms with Gasteiger partial charge in [0, 0.05) is 23.9 Å². The standard InChI is InChI=1S/C22H23ClN4O5/c1-12-19(21(29)25-10-13-6-4-3-5-7-13)20(27-22(30)26-12)14-8-16(31-2)17(9-15(14)23)32-11-18(24)28/h3-9,20H,10-11H2,1-2H3,(H2,24,28)(H,25,29)(H2,26,27,30)/t20-/m1/s1. The van der Waals surface area contributed by atoms with E-state index in [0.717, 1.165) is 5.56 Å². The summed E-state index contributed by atoms with van der Waals surface area (Å²) in [6.45, 7) is 1.59. The number of carbonyl (C=O) groups is 3. The number of halogens is 1. The number of methoxy groups -OCH3 is 1. The molecule has 1 aliphatic rings. The number of nitrogens with two attached hydrogens (primary N) is 1. The number of rotatable bonds is 8. The van der Waals surface area contributed by atoms with E-state index in [0.29, 0.717) is 23.4 Å². The Labute approximate surface area is 189 Å². The average Bonchev–Trinajstić information content (AvgIpc) is 2.76. The van der Waals surface area contributed by atoms with Gasteiger partial charge in [-0.3, -0.25) is 9.59 Å². The van der Waals surface area contributed by atoms with Gasteiger partial charge < -0.3 is 31.2 Å². The summed E-state index contributed by atoms with van der Waals surface area (Å²) in [6.07, 6.45) is 0. The van der Waals surface area contributed by atoms with Crippen LogP contribution in [0.4, 0.5) is 4.79 Å². The molecule has 9 nitrogen and oxygen atoms in total. The minimum absolute atomic E-state index is 0.205. The molecule has 0 aromatic heterocycles. The number of ether oxygens (including phenoxy) is 2. The van der Waals surface area contributed by atoms with Crippen molar-refractivity contribution in [2.24, 2.45) is 5.73 Å². The number of benzene rings is 2. The first-order chi connectivity index (χ1) is 15.3. The summed E-state index contributed by atoms with van der Waals surface area (Å²) in [5.41, 5.74) is 7.18. The highest BCUT2D eigenvalue weighted by Crippen LogP contribution is 2.39. The first-order valence-corrected chi connectivity index (χ1v) is 10.1. The fourth-order valence-electron chi connectivity index (χ4n) is 3.29. The van der Waals surface area contributed by atoms with Gasteiger partial charge in [-0.2, -0.15) is 0 Å². The van der Waals surface area contributed by atoms with Gasteiger partial charge in [0.15, 0.2) is 18.1 Å². The summed E-state index contributed by atoms with van der Waals surface area (Å²) in [6, 6.07) is 11.1. The predicted molar refractivity (Wildman–Crippen MR) is 118 cm³/mol. The zero-order chi connectivity index (χ0) is 23.3. The van der Waals surface area contributed by atoms with Crippen molar-refractivity contribution in [2.75, 3.05) is 13.7 Å². The maximum absolute atomic E-state index is 13.1. The number of amides is 4. The molecule has 0 saturated carbocycles. The highest BCUT2D eigenvalue weighted by atomic mass is 35.5. The van der Waals surface area contributed by atoms with E-state index in [9.17, 15) is 14.4 Å². The van der Waals surface area contributed by atoms with Gasteiger partial charge in [0.25, 0.3) is 11.8 Å². The van der Waals surface area contributed by atoms with Crippen LogP contribution < -0.4 is 31.2 Å². The summed E-state index contributed by atoms with van der Waals surface area (Å²) < 4.78 is 10.7. The van der Waals surface area contributed by atoms with Crippen LogP contribution in [0, 0.1) is 0 Å². The number of allylic oxidation sites excluding steroid dienone is 1. The Kier molecular flexibility index (Phi) is 7.21. The molecular weight excluding hydrogens is 436 g/mol. The molecule has 168 valence electrons. The third-order valence-electron chi connectivity index (χ3n) is 4.77. The topological polar surface area (TPSA) is 132 Å². The maximum Gasteiger partial charge on any atom is 0.319 e. The molecular formula is C22H23ClN4O5. The van der Waals surface area contributed by atoms with E-state index < -0.39 is 18.0 Å². The SMILES string of the molecule is COc1cc([C@H]2NC(=O)NC(C)=C2C(=O)NCc2ccccc2)c(Cl)cc1OCC(N)=O. The molecule has 1 atom stereocenters. The van der Waals surface area contributed by atoms with E-state index in [4.69, 9.17) is 26.8 Å². The first kappa shape index (κ1) is 23.0. The molecule has 3 rings (SSSR count). The second-order valence-electron chi connectivity index (χ2n) is 7.02. The monoisotopic (exact) mass is 458 g/mol. The molecule has 4 amide bonds.